The predicted octanol–water partition coefficient (Wildman–Crippen LogP) is 4.43. The summed E-state index contributed by atoms with van der Waals surface area (Å²) in [6.07, 6.45) is -4.18. The van der Waals surface area contributed by atoms with Gasteiger partial charge >= 0.3 is 6.18 Å². The van der Waals surface area contributed by atoms with E-state index in [0.29, 0.717) is 35.9 Å². The van der Waals surface area contributed by atoms with Crippen LogP contribution in [0.1, 0.15) is 22.4 Å². The Balaban J connectivity index is 1.60. The lowest BCUT2D eigenvalue weighted by Gasteiger charge is -2.28. The number of hydrogen-bond acceptors (Lipinski definition) is 3. The summed E-state index contributed by atoms with van der Waals surface area (Å²) in [5.41, 5.74) is -0.132. The number of alkyl halides is 3. The normalized spacial score (nSPS) is 14.5. The number of aromatic amines is 1. The maximum atomic E-state index is 14.0. The highest BCUT2D eigenvalue weighted by molar-refractivity contribution is 5.56. The van der Waals surface area contributed by atoms with Gasteiger partial charge in [0.05, 0.1) is 11.3 Å². The number of aromatic nitrogens is 2. The van der Waals surface area contributed by atoms with E-state index in [0.717, 1.165) is 18.2 Å². The van der Waals surface area contributed by atoms with Crippen molar-refractivity contribution in [3.8, 4) is 11.4 Å². The van der Waals surface area contributed by atoms with Gasteiger partial charge in [-0.15, -0.1) is 0 Å². The Morgan fingerprint density at radius 3 is 2.35 bits per heavy atom. The summed E-state index contributed by atoms with van der Waals surface area (Å²) in [6.45, 7) is 0.494. The molecule has 0 atom stereocenters. The average molecular weight is 439 g/mol. The molecule has 1 aromatic heterocycles. The minimum atomic E-state index is -4.48. The number of H-pyrrole nitrogens is 1. The number of benzene rings is 2. The second-order valence-electron chi connectivity index (χ2n) is 7.23. The van der Waals surface area contributed by atoms with Gasteiger partial charge in [-0.05, 0) is 24.6 Å². The van der Waals surface area contributed by atoms with Gasteiger partial charge in [0.1, 0.15) is 11.6 Å². The molecular formula is C21H15F6N3O. The molecule has 3 aromatic rings. The van der Waals surface area contributed by atoms with E-state index in [4.69, 9.17) is 0 Å². The van der Waals surface area contributed by atoms with Crippen molar-refractivity contribution in [3.05, 3.63) is 86.6 Å². The molecular weight excluding hydrogens is 424 g/mol. The zero-order valence-electron chi connectivity index (χ0n) is 15.9. The van der Waals surface area contributed by atoms with Crippen LogP contribution in [0, 0.1) is 17.5 Å². The van der Waals surface area contributed by atoms with Crippen LogP contribution in [0.5, 0.6) is 0 Å². The van der Waals surface area contributed by atoms with E-state index in [2.05, 4.69) is 9.97 Å². The molecule has 31 heavy (non-hydrogen) atoms. The summed E-state index contributed by atoms with van der Waals surface area (Å²) < 4.78 is 78.8. The summed E-state index contributed by atoms with van der Waals surface area (Å²) in [6, 6.07) is 5.49. The van der Waals surface area contributed by atoms with Crippen molar-refractivity contribution in [3.63, 3.8) is 0 Å². The molecule has 0 fully saturated rings. The fourth-order valence-corrected chi connectivity index (χ4v) is 3.51. The molecule has 0 amide bonds. The van der Waals surface area contributed by atoms with Gasteiger partial charge < -0.3 is 4.98 Å². The van der Waals surface area contributed by atoms with E-state index in [1.165, 1.54) is 12.1 Å². The lowest BCUT2D eigenvalue weighted by Crippen LogP contribution is -2.35. The highest BCUT2D eigenvalue weighted by atomic mass is 19.4. The maximum absolute atomic E-state index is 14.0. The molecule has 1 aliphatic heterocycles. The minimum Gasteiger partial charge on any atom is -0.306 e. The van der Waals surface area contributed by atoms with E-state index in [-0.39, 0.29) is 24.5 Å². The summed E-state index contributed by atoms with van der Waals surface area (Å²) in [5.74, 6) is -3.21. The van der Waals surface area contributed by atoms with Gasteiger partial charge in [-0.3, -0.25) is 9.69 Å². The van der Waals surface area contributed by atoms with Crippen molar-refractivity contribution < 1.29 is 26.3 Å². The Bertz CT molecular complexity index is 1190. The van der Waals surface area contributed by atoms with Crippen LogP contribution in [0.3, 0.4) is 0 Å². The molecule has 0 spiro atoms. The molecule has 162 valence electrons. The minimum absolute atomic E-state index is 0.0213. The Labute approximate surface area is 172 Å². The molecule has 0 bridgehead atoms. The number of rotatable bonds is 3. The monoisotopic (exact) mass is 439 g/mol. The smallest absolute Gasteiger partial charge is 0.306 e. The van der Waals surface area contributed by atoms with Gasteiger partial charge in [0.15, 0.2) is 11.6 Å². The van der Waals surface area contributed by atoms with Crippen molar-refractivity contribution in [2.24, 2.45) is 0 Å². The van der Waals surface area contributed by atoms with Crippen molar-refractivity contribution in [1.29, 1.82) is 0 Å². The molecule has 0 radical (unpaired) electrons. The third-order valence-corrected chi connectivity index (χ3v) is 5.12. The molecule has 1 aliphatic rings. The van der Waals surface area contributed by atoms with Gasteiger partial charge in [0.25, 0.3) is 5.56 Å². The van der Waals surface area contributed by atoms with Crippen LogP contribution in [-0.4, -0.2) is 21.4 Å². The predicted molar refractivity (Wildman–Crippen MR) is 99.4 cm³/mol. The van der Waals surface area contributed by atoms with Crippen molar-refractivity contribution in [1.82, 2.24) is 14.9 Å². The first kappa shape index (κ1) is 21.1. The van der Waals surface area contributed by atoms with Crippen LogP contribution in [0.4, 0.5) is 26.3 Å². The topological polar surface area (TPSA) is 49.0 Å². The number of nitrogens with zero attached hydrogens (tertiary/aromatic N) is 2. The van der Waals surface area contributed by atoms with E-state index < -0.39 is 34.8 Å². The van der Waals surface area contributed by atoms with Gasteiger partial charge in [0.2, 0.25) is 0 Å². The van der Waals surface area contributed by atoms with Crippen LogP contribution < -0.4 is 5.56 Å². The van der Waals surface area contributed by atoms with Crippen LogP contribution in [0.25, 0.3) is 11.4 Å². The standard InChI is InChI=1S/C21H15F6N3O/c22-15-8-17(24)16(23)7-12(15)9-30-6-5-14-18(10-30)28-19(29-20(14)31)11-1-3-13(4-2-11)21(25,26)27/h1-4,7-8H,5-6,9-10H2,(H,28,29,31). The second-order valence-corrected chi connectivity index (χ2v) is 7.23. The number of hydrogen-bond donors (Lipinski definition) is 1. The first-order valence-electron chi connectivity index (χ1n) is 9.27. The molecule has 0 aliphatic carbocycles. The van der Waals surface area contributed by atoms with Crippen LogP contribution in [0.15, 0.2) is 41.2 Å². The lowest BCUT2D eigenvalue weighted by molar-refractivity contribution is -0.137. The first-order valence-corrected chi connectivity index (χ1v) is 9.27. The van der Waals surface area contributed by atoms with Gasteiger partial charge in [-0.2, -0.15) is 13.2 Å². The maximum Gasteiger partial charge on any atom is 0.416 e. The van der Waals surface area contributed by atoms with E-state index in [9.17, 15) is 31.1 Å². The molecule has 4 rings (SSSR count). The summed E-state index contributed by atoms with van der Waals surface area (Å²) in [7, 11) is 0. The van der Waals surface area contributed by atoms with Crippen molar-refractivity contribution in [2.45, 2.75) is 25.7 Å². The molecule has 2 aromatic carbocycles. The summed E-state index contributed by atoms with van der Waals surface area (Å²) in [5, 5.41) is 0. The Morgan fingerprint density at radius 1 is 1.00 bits per heavy atom. The quantitative estimate of drug-likeness (QED) is 0.485. The van der Waals surface area contributed by atoms with Crippen molar-refractivity contribution in [2.75, 3.05) is 6.54 Å². The zero-order valence-corrected chi connectivity index (χ0v) is 15.9. The average Bonchev–Trinajstić information content (AvgIpc) is 2.71. The second kappa shape index (κ2) is 7.84. The van der Waals surface area contributed by atoms with E-state index in [1.54, 1.807) is 4.90 Å². The Hall–Kier alpha value is -3.14. The fraction of sp³-hybridized carbons (Fsp3) is 0.238. The molecule has 0 saturated heterocycles. The molecule has 1 N–H and O–H groups in total. The molecule has 10 heteroatoms. The third kappa shape index (κ3) is 4.34. The van der Waals surface area contributed by atoms with Gasteiger partial charge in [-0.1, -0.05) is 12.1 Å². The van der Waals surface area contributed by atoms with Gasteiger partial charge in [-0.25, -0.2) is 18.2 Å². The largest absolute Gasteiger partial charge is 0.416 e. The van der Waals surface area contributed by atoms with E-state index >= 15 is 0 Å². The number of halogens is 6. The van der Waals surface area contributed by atoms with Crippen molar-refractivity contribution >= 4 is 0 Å². The molecule has 4 nitrogen and oxygen atoms in total. The SMILES string of the molecule is O=c1[nH]c(-c2ccc(C(F)(F)F)cc2)nc2c1CCN(Cc1cc(F)c(F)cc1F)C2. The molecule has 2 heterocycles. The number of nitrogens with one attached hydrogen (secondary N) is 1. The zero-order chi connectivity index (χ0) is 22.3. The van der Waals surface area contributed by atoms with Crippen LogP contribution in [-0.2, 0) is 25.7 Å². The van der Waals surface area contributed by atoms with E-state index in [1.807, 2.05) is 0 Å². The molecule has 0 saturated carbocycles. The third-order valence-electron chi connectivity index (χ3n) is 5.12. The summed E-state index contributed by atoms with van der Waals surface area (Å²) >= 11 is 0. The highest BCUT2D eigenvalue weighted by Gasteiger charge is 2.30. The Kier molecular flexibility index (Phi) is 5.34. The summed E-state index contributed by atoms with van der Waals surface area (Å²) in [4.78, 5) is 21.1. The molecule has 0 unspecified atom stereocenters. The van der Waals surface area contributed by atoms with Crippen LogP contribution >= 0.6 is 0 Å². The highest BCUT2D eigenvalue weighted by Crippen LogP contribution is 2.30. The lowest BCUT2D eigenvalue weighted by atomic mass is 10.0. The van der Waals surface area contributed by atoms with Crippen LogP contribution in [0.2, 0.25) is 0 Å². The first-order chi connectivity index (χ1) is 14.6. The fourth-order valence-electron chi connectivity index (χ4n) is 3.51. The van der Waals surface area contributed by atoms with Gasteiger partial charge in [0, 0.05) is 42.4 Å². The Morgan fingerprint density at radius 2 is 1.68 bits per heavy atom. The number of fused-ring (bicyclic) bond motifs is 1.